The van der Waals surface area contributed by atoms with E-state index in [1.54, 1.807) is 0 Å². The maximum Gasteiger partial charge on any atom is 0.184 e. The van der Waals surface area contributed by atoms with Gasteiger partial charge in [-0.05, 0) is 18.2 Å². The molecule has 1 heterocycles. The first-order valence-electron chi connectivity index (χ1n) is 6.75. The van der Waals surface area contributed by atoms with Crippen molar-refractivity contribution in [1.82, 2.24) is 4.98 Å². The van der Waals surface area contributed by atoms with Crippen molar-refractivity contribution in [2.75, 3.05) is 19.0 Å². The van der Waals surface area contributed by atoms with Crippen LogP contribution < -0.4 is 4.90 Å². The van der Waals surface area contributed by atoms with Gasteiger partial charge in [-0.2, -0.15) is 0 Å². The molecule has 0 fully saturated rings. The van der Waals surface area contributed by atoms with Gasteiger partial charge in [0.05, 0.1) is 15.6 Å². The lowest BCUT2D eigenvalue weighted by Gasteiger charge is -2.14. The van der Waals surface area contributed by atoms with Crippen molar-refractivity contribution in [2.24, 2.45) is 0 Å². The van der Waals surface area contributed by atoms with Gasteiger partial charge in [0.1, 0.15) is 0 Å². The third-order valence-electron chi connectivity index (χ3n) is 3.36. The molecule has 2 aromatic carbocycles. The number of hydrogen-bond donors (Lipinski definition) is 0. The van der Waals surface area contributed by atoms with Crippen molar-refractivity contribution in [3.63, 3.8) is 0 Å². The van der Waals surface area contributed by atoms with E-state index in [9.17, 15) is 0 Å². The number of thiazole rings is 1. The minimum Gasteiger partial charge on any atom is -0.378 e. The molecule has 0 unspecified atom stereocenters. The molecule has 0 saturated heterocycles. The van der Waals surface area contributed by atoms with E-state index in [0.29, 0.717) is 9.49 Å². The van der Waals surface area contributed by atoms with Crippen molar-refractivity contribution in [3.8, 4) is 21.7 Å². The van der Waals surface area contributed by atoms with Crippen molar-refractivity contribution in [3.05, 3.63) is 58.0 Å². The number of anilines is 1. The molecule has 22 heavy (non-hydrogen) atoms. The molecule has 0 aliphatic carbocycles. The number of halogens is 2. The Morgan fingerprint density at radius 3 is 2.36 bits per heavy atom. The molecule has 0 spiro atoms. The summed E-state index contributed by atoms with van der Waals surface area (Å²) >= 11 is 14.1. The summed E-state index contributed by atoms with van der Waals surface area (Å²) in [7, 11) is 3.98. The van der Waals surface area contributed by atoms with Crippen LogP contribution in [0.2, 0.25) is 9.49 Å². The highest BCUT2D eigenvalue weighted by Gasteiger charge is 2.16. The Morgan fingerprint density at radius 1 is 1.00 bits per heavy atom. The second-order valence-corrected chi connectivity index (χ2v) is 7.06. The Morgan fingerprint density at radius 2 is 1.73 bits per heavy atom. The molecule has 112 valence electrons. The maximum atomic E-state index is 6.49. The van der Waals surface area contributed by atoms with E-state index < -0.39 is 0 Å². The lowest BCUT2D eigenvalue weighted by molar-refractivity contribution is 1.13. The summed E-state index contributed by atoms with van der Waals surface area (Å²) in [5.74, 6) is 0. The van der Waals surface area contributed by atoms with Gasteiger partial charge in [-0.3, -0.25) is 0 Å². The monoisotopic (exact) mass is 348 g/mol. The summed E-state index contributed by atoms with van der Waals surface area (Å²) in [6.07, 6.45) is 0. The first-order valence-corrected chi connectivity index (χ1v) is 8.32. The average Bonchev–Trinajstić information content (AvgIpc) is 2.89. The predicted octanol–water partition coefficient (Wildman–Crippen LogP) is 5.85. The number of rotatable bonds is 3. The topological polar surface area (TPSA) is 16.1 Å². The number of nitrogens with zero attached hydrogens (tertiary/aromatic N) is 2. The number of aromatic nitrogens is 1. The first kappa shape index (κ1) is 15.3. The molecule has 5 heteroatoms. The smallest absolute Gasteiger partial charge is 0.184 e. The minimum atomic E-state index is 0.515. The zero-order chi connectivity index (χ0) is 15.7. The quantitative estimate of drug-likeness (QED) is 0.590. The molecule has 2 nitrogen and oxygen atoms in total. The van der Waals surface area contributed by atoms with Gasteiger partial charge in [0.2, 0.25) is 0 Å². The summed E-state index contributed by atoms with van der Waals surface area (Å²) in [5, 5.41) is 0.698. The van der Waals surface area contributed by atoms with E-state index in [0.717, 1.165) is 27.4 Å². The first-order chi connectivity index (χ1) is 10.6. The molecular weight excluding hydrogens is 335 g/mol. The standard InChI is InChI=1S/C17H14Cl2N2S/c1-21(2)12-8-9-13(14(18)10-12)16-15(20-17(19)22-16)11-6-4-3-5-7-11/h3-10H,1-2H3. The second-order valence-electron chi connectivity index (χ2n) is 5.07. The molecule has 0 amide bonds. The van der Waals surface area contributed by atoms with Crippen molar-refractivity contribution < 1.29 is 0 Å². The zero-order valence-electron chi connectivity index (χ0n) is 12.2. The fourth-order valence-corrected chi connectivity index (χ4v) is 3.73. The molecule has 0 bridgehead atoms. The SMILES string of the molecule is CN(C)c1ccc(-c2sc(Cl)nc2-c2ccccc2)c(Cl)c1. The van der Waals surface area contributed by atoms with Gasteiger partial charge >= 0.3 is 0 Å². The van der Waals surface area contributed by atoms with Gasteiger partial charge in [0.15, 0.2) is 4.47 Å². The molecule has 3 aromatic rings. The Hall–Kier alpha value is -1.55. The zero-order valence-corrected chi connectivity index (χ0v) is 14.5. The van der Waals surface area contributed by atoms with Crippen LogP contribution in [-0.4, -0.2) is 19.1 Å². The lowest BCUT2D eigenvalue weighted by atomic mass is 10.1. The summed E-state index contributed by atoms with van der Waals surface area (Å²) in [6, 6.07) is 16.0. The highest BCUT2D eigenvalue weighted by atomic mass is 35.5. The van der Waals surface area contributed by atoms with Crippen molar-refractivity contribution in [1.29, 1.82) is 0 Å². The minimum absolute atomic E-state index is 0.515. The molecule has 0 aliphatic heterocycles. The molecular formula is C17H14Cl2N2S. The van der Waals surface area contributed by atoms with Crippen LogP contribution in [0.1, 0.15) is 0 Å². The highest BCUT2D eigenvalue weighted by Crippen LogP contribution is 2.42. The molecule has 0 saturated carbocycles. The lowest BCUT2D eigenvalue weighted by Crippen LogP contribution is -2.08. The largest absolute Gasteiger partial charge is 0.378 e. The maximum absolute atomic E-state index is 6.49. The fraction of sp³-hybridized carbons (Fsp3) is 0.118. The van der Waals surface area contributed by atoms with Gasteiger partial charge in [-0.15, -0.1) is 11.3 Å². The Bertz CT molecular complexity index is 798. The molecule has 1 aromatic heterocycles. The number of benzene rings is 2. The van der Waals surface area contributed by atoms with Crippen LogP contribution in [0.15, 0.2) is 48.5 Å². The molecule has 0 N–H and O–H groups in total. The van der Waals surface area contributed by atoms with Crippen LogP contribution >= 0.6 is 34.5 Å². The summed E-state index contributed by atoms with van der Waals surface area (Å²) < 4.78 is 0.515. The fourth-order valence-electron chi connectivity index (χ4n) is 2.23. The van der Waals surface area contributed by atoms with Crippen LogP contribution in [0.25, 0.3) is 21.7 Å². The Labute approximate surface area is 144 Å². The van der Waals surface area contributed by atoms with Crippen LogP contribution in [-0.2, 0) is 0 Å². The highest BCUT2D eigenvalue weighted by molar-refractivity contribution is 7.19. The van der Waals surface area contributed by atoms with E-state index in [1.807, 2.05) is 67.5 Å². The van der Waals surface area contributed by atoms with Crippen LogP contribution in [0, 0.1) is 0 Å². The van der Waals surface area contributed by atoms with Gasteiger partial charge in [-0.1, -0.05) is 53.5 Å². The van der Waals surface area contributed by atoms with Crippen LogP contribution in [0.5, 0.6) is 0 Å². The molecule has 0 aliphatic rings. The van der Waals surface area contributed by atoms with Crippen molar-refractivity contribution in [2.45, 2.75) is 0 Å². The van der Waals surface area contributed by atoms with Gasteiger partial charge in [-0.25, -0.2) is 4.98 Å². The normalized spacial score (nSPS) is 10.7. The predicted molar refractivity (Wildman–Crippen MR) is 97.3 cm³/mol. The average molecular weight is 349 g/mol. The van der Waals surface area contributed by atoms with E-state index in [1.165, 1.54) is 11.3 Å². The molecule has 3 rings (SSSR count). The Kier molecular flexibility index (Phi) is 4.39. The van der Waals surface area contributed by atoms with E-state index in [-0.39, 0.29) is 0 Å². The van der Waals surface area contributed by atoms with Crippen LogP contribution in [0.4, 0.5) is 5.69 Å². The van der Waals surface area contributed by atoms with E-state index in [4.69, 9.17) is 23.2 Å². The van der Waals surface area contributed by atoms with E-state index in [2.05, 4.69) is 4.98 Å². The van der Waals surface area contributed by atoms with Crippen molar-refractivity contribution >= 4 is 40.2 Å². The third-order valence-corrected chi connectivity index (χ3v) is 4.87. The summed E-state index contributed by atoms with van der Waals surface area (Å²) in [6.45, 7) is 0. The van der Waals surface area contributed by atoms with E-state index >= 15 is 0 Å². The van der Waals surface area contributed by atoms with Gasteiger partial charge in [0.25, 0.3) is 0 Å². The van der Waals surface area contributed by atoms with Crippen LogP contribution in [0.3, 0.4) is 0 Å². The van der Waals surface area contributed by atoms with Gasteiger partial charge < -0.3 is 4.90 Å². The summed E-state index contributed by atoms with van der Waals surface area (Å²) in [4.78, 5) is 7.48. The second kappa shape index (κ2) is 6.29. The third kappa shape index (κ3) is 2.98. The number of hydrogen-bond acceptors (Lipinski definition) is 3. The summed E-state index contributed by atoms with van der Waals surface area (Å²) in [5.41, 5.74) is 3.92. The molecule has 0 radical (unpaired) electrons. The molecule has 0 atom stereocenters. The van der Waals surface area contributed by atoms with Gasteiger partial charge in [0, 0.05) is 30.9 Å². The Balaban J connectivity index is 2.14.